The van der Waals surface area contributed by atoms with Gasteiger partial charge >= 0.3 is 5.97 Å². The van der Waals surface area contributed by atoms with E-state index in [1.54, 1.807) is 18.2 Å². The summed E-state index contributed by atoms with van der Waals surface area (Å²) < 4.78 is 16.2. The molecule has 7 nitrogen and oxygen atoms in total. The Kier molecular flexibility index (Phi) is 3.08. The standard InChI is InChI=1S/C13H10N2O5/c16-12(17)4-3-11-14-15-13(20-11)8-1-2-9-10(7-8)19-6-5-18-9/h1-4,7H,5-6H2,(H,16,17)/b4-3+. The average molecular weight is 274 g/mol. The van der Waals surface area contributed by atoms with E-state index in [2.05, 4.69) is 10.2 Å². The van der Waals surface area contributed by atoms with Gasteiger partial charge in [0.25, 0.3) is 0 Å². The molecule has 1 aliphatic heterocycles. The summed E-state index contributed by atoms with van der Waals surface area (Å²) in [5, 5.41) is 16.1. The number of aliphatic carboxylic acids is 1. The van der Waals surface area contributed by atoms with Gasteiger partial charge in [0.15, 0.2) is 11.5 Å². The summed E-state index contributed by atoms with van der Waals surface area (Å²) in [6.07, 6.45) is 2.16. The molecular formula is C13H10N2O5. The third-order valence-corrected chi connectivity index (χ3v) is 2.60. The number of carbonyl (C=O) groups is 1. The monoisotopic (exact) mass is 274 g/mol. The lowest BCUT2D eigenvalue weighted by atomic mass is 10.2. The van der Waals surface area contributed by atoms with Crippen molar-refractivity contribution in [1.82, 2.24) is 10.2 Å². The fraction of sp³-hybridized carbons (Fsp3) is 0.154. The molecule has 0 atom stereocenters. The lowest BCUT2D eigenvalue weighted by molar-refractivity contribution is -0.131. The van der Waals surface area contributed by atoms with Gasteiger partial charge in [-0.15, -0.1) is 10.2 Å². The number of carboxylic acid groups (broad SMARTS) is 1. The van der Waals surface area contributed by atoms with Gasteiger partial charge in [-0.2, -0.15) is 0 Å². The first-order valence-electron chi connectivity index (χ1n) is 5.87. The zero-order valence-corrected chi connectivity index (χ0v) is 10.3. The van der Waals surface area contributed by atoms with Gasteiger partial charge in [0.05, 0.1) is 0 Å². The van der Waals surface area contributed by atoms with Crippen molar-refractivity contribution in [3.8, 4) is 23.0 Å². The van der Waals surface area contributed by atoms with Gasteiger partial charge in [-0.1, -0.05) is 0 Å². The lowest BCUT2D eigenvalue weighted by Gasteiger charge is -2.18. The molecule has 0 unspecified atom stereocenters. The SMILES string of the molecule is O=C(O)/C=C/c1nnc(-c2ccc3c(c2)OCCO3)o1. The van der Waals surface area contributed by atoms with Gasteiger partial charge in [0.1, 0.15) is 13.2 Å². The maximum atomic E-state index is 10.4. The van der Waals surface area contributed by atoms with Gasteiger partial charge in [0, 0.05) is 17.7 Å². The molecule has 0 saturated carbocycles. The Morgan fingerprint density at radius 3 is 2.80 bits per heavy atom. The van der Waals surface area contributed by atoms with Gasteiger partial charge in [0.2, 0.25) is 11.8 Å². The van der Waals surface area contributed by atoms with Gasteiger partial charge in [-0.05, 0) is 18.2 Å². The van der Waals surface area contributed by atoms with E-state index >= 15 is 0 Å². The highest BCUT2D eigenvalue weighted by Crippen LogP contribution is 2.34. The summed E-state index contributed by atoms with van der Waals surface area (Å²) in [6.45, 7) is 1.02. The second-order valence-electron chi connectivity index (χ2n) is 3.98. The van der Waals surface area contributed by atoms with E-state index in [9.17, 15) is 4.79 Å². The number of hydrogen-bond donors (Lipinski definition) is 1. The van der Waals surface area contributed by atoms with Crippen molar-refractivity contribution in [2.75, 3.05) is 13.2 Å². The fourth-order valence-electron chi connectivity index (χ4n) is 1.74. The normalized spacial score (nSPS) is 13.6. The summed E-state index contributed by atoms with van der Waals surface area (Å²) in [4.78, 5) is 10.4. The van der Waals surface area contributed by atoms with Crippen LogP contribution >= 0.6 is 0 Å². The zero-order valence-electron chi connectivity index (χ0n) is 10.3. The molecule has 0 saturated heterocycles. The van der Waals surface area contributed by atoms with Crippen molar-refractivity contribution in [2.45, 2.75) is 0 Å². The lowest BCUT2D eigenvalue weighted by Crippen LogP contribution is -2.15. The molecule has 2 aromatic rings. The minimum absolute atomic E-state index is 0.122. The quantitative estimate of drug-likeness (QED) is 0.849. The number of fused-ring (bicyclic) bond motifs is 1. The Morgan fingerprint density at radius 2 is 2.00 bits per heavy atom. The van der Waals surface area contributed by atoms with E-state index in [0.717, 1.165) is 6.08 Å². The maximum absolute atomic E-state index is 10.4. The first-order chi connectivity index (χ1) is 9.72. The molecule has 0 bridgehead atoms. The molecule has 3 rings (SSSR count). The molecule has 0 radical (unpaired) electrons. The van der Waals surface area contributed by atoms with Crippen LogP contribution in [0, 0.1) is 0 Å². The topological polar surface area (TPSA) is 94.7 Å². The summed E-state index contributed by atoms with van der Waals surface area (Å²) >= 11 is 0. The molecule has 7 heteroatoms. The van der Waals surface area contributed by atoms with E-state index in [4.69, 9.17) is 19.0 Å². The summed E-state index contributed by atoms with van der Waals surface area (Å²) in [7, 11) is 0. The third kappa shape index (κ3) is 2.46. The van der Waals surface area contributed by atoms with E-state index < -0.39 is 5.97 Å². The summed E-state index contributed by atoms with van der Waals surface area (Å²) in [6, 6.07) is 5.28. The number of rotatable bonds is 3. The molecule has 0 fully saturated rings. The van der Waals surface area contributed by atoms with E-state index in [1.165, 1.54) is 6.08 Å². The molecular weight excluding hydrogens is 264 g/mol. The smallest absolute Gasteiger partial charge is 0.328 e. The largest absolute Gasteiger partial charge is 0.486 e. The predicted molar refractivity (Wildman–Crippen MR) is 67.4 cm³/mol. The second kappa shape index (κ2) is 5.04. The fourth-order valence-corrected chi connectivity index (χ4v) is 1.74. The number of ether oxygens (including phenoxy) is 2. The number of carboxylic acids is 1. The highest BCUT2D eigenvalue weighted by molar-refractivity contribution is 5.84. The molecule has 2 heterocycles. The molecule has 20 heavy (non-hydrogen) atoms. The van der Waals surface area contributed by atoms with Crippen LogP contribution in [0.1, 0.15) is 5.89 Å². The van der Waals surface area contributed by atoms with Gasteiger partial charge < -0.3 is 19.0 Å². The highest BCUT2D eigenvalue weighted by atomic mass is 16.6. The molecule has 0 spiro atoms. The van der Waals surface area contributed by atoms with Gasteiger partial charge in [-0.3, -0.25) is 0 Å². The minimum Gasteiger partial charge on any atom is -0.486 e. The van der Waals surface area contributed by atoms with Crippen LogP contribution in [0.2, 0.25) is 0 Å². The highest BCUT2D eigenvalue weighted by Gasteiger charge is 2.15. The van der Waals surface area contributed by atoms with Crippen molar-refractivity contribution in [3.05, 3.63) is 30.2 Å². The van der Waals surface area contributed by atoms with Crippen LogP contribution in [0.15, 0.2) is 28.7 Å². The average Bonchev–Trinajstić information content (AvgIpc) is 2.93. The molecule has 102 valence electrons. The predicted octanol–water partition coefficient (Wildman–Crippen LogP) is 1.61. The summed E-state index contributed by atoms with van der Waals surface area (Å²) in [5.41, 5.74) is 0.678. The van der Waals surface area contributed by atoms with E-state index in [0.29, 0.717) is 30.3 Å². The Balaban J connectivity index is 1.87. The Hall–Kier alpha value is -2.83. The van der Waals surface area contributed by atoms with E-state index in [1.807, 2.05) is 0 Å². The third-order valence-electron chi connectivity index (χ3n) is 2.60. The first kappa shape index (κ1) is 12.2. The molecule has 0 aliphatic carbocycles. The van der Waals surface area contributed by atoms with Crippen molar-refractivity contribution in [1.29, 1.82) is 0 Å². The zero-order chi connectivity index (χ0) is 13.9. The van der Waals surface area contributed by atoms with E-state index in [-0.39, 0.29) is 11.8 Å². The van der Waals surface area contributed by atoms with Crippen molar-refractivity contribution in [2.24, 2.45) is 0 Å². The van der Waals surface area contributed by atoms with Crippen molar-refractivity contribution < 1.29 is 23.8 Å². The second-order valence-corrected chi connectivity index (χ2v) is 3.98. The number of benzene rings is 1. The summed E-state index contributed by atoms with van der Waals surface area (Å²) in [5.74, 6) is 0.619. The van der Waals surface area contributed by atoms with Crippen LogP contribution in [-0.4, -0.2) is 34.5 Å². The molecule has 1 aromatic heterocycles. The maximum Gasteiger partial charge on any atom is 0.328 e. The first-order valence-corrected chi connectivity index (χ1v) is 5.87. The van der Waals surface area contributed by atoms with Crippen LogP contribution in [0.4, 0.5) is 0 Å². The Bertz CT molecular complexity index is 677. The minimum atomic E-state index is -1.08. The van der Waals surface area contributed by atoms with Crippen LogP contribution < -0.4 is 9.47 Å². The van der Waals surface area contributed by atoms with Gasteiger partial charge in [-0.25, -0.2) is 4.79 Å². The Labute approximate surface area is 113 Å². The van der Waals surface area contributed by atoms with Crippen molar-refractivity contribution >= 4 is 12.0 Å². The van der Waals surface area contributed by atoms with Crippen LogP contribution in [0.25, 0.3) is 17.5 Å². The number of aromatic nitrogens is 2. The van der Waals surface area contributed by atoms with Crippen LogP contribution in [-0.2, 0) is 4.79 Å². The van der Waals surface area contributed by atoms with Crippen molar-refractivity contribution in [3.63, 3.8) is 0 Å². The molecule has 1 aliphatic rings. The van der Waals surface area contributed by atoms with Crippen LogP contribution in [0.3, 0.4) is 0 Å². The molecule has 1 aromatic carbocycles. The number of hydrogen-bond acceptors (Lipinski definition) is 6. The molecule has 1 N–H and O–H groups in total. The number of nitrogens with zero attached hydrogens (tertiary/aromatic N) is 2. The Morgan fingerprint density at radius 1 is 1.20 bits per heavy atom. The molecule has 0 amide bonds. The van der Waals surface area contributed by atoms with Crippen LogP contribution in [0.5, 0.6) is 11.5 Å².